The number of piperidine rings is 1. The van der Waals surface area contributed by atoms with Crippen molar-refractivity contribution in [2.24, 2.45) is 5.73 Å². The molecule has 1 amide bonds. The van der Waals surface area contributed by atoms with Gasteiger partial charge in [-0.25, -0.2) is 0 Å². The smallest absolute Gasteiger partial charge is 0.251 e. The molecule has 3 N–H and O–H groups in total. The first-order chi connectivity index (χ1) is 10.2. The number of hydrogen-bond acceptors (Lipinski definition) is 4. The van der Waals surface area contributed by atoms with Crippen LogP contribution in [-0.2, 0) is 6.54 Å². The van der Waals surface area contributed by atoms with Crippen molar-refractivity contribution >= 4 is 5.91 Å². The first-order valence-electron chi connectivity index (χ1n) is 7.88. The molecule has 5 nitrogen and oxygen atoms in total. The van der Waals surface area contributed by atoms with Gasteiger partial charge in [-0.2, -0.15) is 0 Å². The SMILES string of the molecule is CC1CCCCN1CCCNC(=O)c1ccnc(CN)c1. The topological polar surface area (TPSA) is 71.2 Å². The third kappa shape index (κ3) is 4.79. The lowest BCUT2D eigenvalue weighted by molar-refractivity contribution is 0.0948. The van der Waals surface area contributed by atoms with Crippen LogP contribution in [0, 0.1) is 0 Å². The van der Waals surface area contributed by atoms with Gasteiger partial charge in [-0.05, 0) is 44.9 Å². The minimum Gasteiger partial charge on any atom is -0.352 e. The first-order valence-corrected chi connectivity index (χ1v) is 7.88. The molecule has 0 aromatic carbocycles. The highest BCUT2D eigenvalue weighted by Crippen LogP contribution is 2.16. The van der Waals surface area contributed by atoms with Crippen molar-refractivity contribution in [3.8, 4) is 0 Å². The van der Waals surface area contributed by atoms with E-state index in [2.05, 4.69) is 22.1 Å². The molecule has 5 heteroatoms. The van der Waals surface area contributed by atoms with Gasteiger partial charge in [-0.1, -0.05) is 6.42 Å². The van der Waals surface area contributed by atoms with Gasteiger partial charge in [-0.3, -0.25) is 9.78 Å². The molecule has 0 saturated carbocycles. The van der Waals surface area contributed by atoms with Gasteiger partial charge >= 0.3 is 0 Å². The molecular formula is C16H26N4O. The van der Waals surface area contributed by atoms with Gasteiger partial charge in [0.05, 0.1) is 5.69 Å². The lowest BCUT2D eigenvalue weighted by Crippen LogP contribution is -2.39. The number of nitrogens with one attached hydrogen (secondary N) is 1. The summed E-state index contributed by atoms with van der Waals surface area (Å²) in [5, 5.41) is 2.97. The second-order valence-electron chi connectivity index (χ2n) is 5.73. The number of nitrogens with two attached hydrogens (primary N) is 1. The maximum Gasteiger partial charge on any atom is 0.251 e. The molecule has 1 saturated heterocycles. The Kier molecular flexibility index (Phi) is 6.14. The van der Waals surface area contributed by atoms with Crippen LogP contribution in [0.1, 0.15) is 48.7 Å². The summed E-state index contributed by atoms with van der Waals surface area (Å²) < 4.78 is 0. The van der Waals surface area contributed by atoms with Crippen LogP contribution in [0.25, 0.3) is 0 Å². The van der Waals surface area contributed by atoms with Crippen LogP contribution in [0.4, 0.5) is 0 Å². The second-order valence-corrected chi connectivity index (χ2v) is 5.73. The van der Waals surface area contributed by atoms with Crippen molar-refractivity contribution < 1.29 is 4.79 Å². The number of pyridine rings is 1. The number of likely N-dealkylation sites (tertiary alicyclic amines) is 1. The van der Waals surface area contributed by atoms with E-state index >= 15 is 0 Å². The summed E-state index contributed by atoms with van der Waals surface area (Å²) in [6, 6.07) is 4.16. The molecular weight excluding hydrogens is 264 g/mol. The standard InChI is InChI=1S/C16H26N4O/c1-13-5-2-3-9-20(13)10-4-7-19-16(21)14-6-8-18-15(11-14)12-17/h6,8,11,13H,2-5,7,9-10,12,17H2,1H3,(H,19,21). The molecule has 0 spiro atoms. The van der Waals surface area contributed by atoms with E-state index in [-0.39, 0.29) is 5.91 Å². The Hall–Kier alpha value is -1.46. The minimum absolute atomic E-state index is 0.0428. The van der Waals surface area contributed by atoms with Crippen LogP contribution in [0.3, 0.4) is 0 Å². The average Bonchev–Trinajstić information content (AvgIpc) is 2.53. The lowest BCUT2D eigenvalue weighted by Gasteiger charge is -2.33. The number of carbonyl (C=O) groups is 1. The maximum absolute atomic E-state index is 12.0. The quantitative estimate of drug-likeness (QED) is 0.780. The largest absolute Gasteiger partial charge is 0.352 e. The van der Waals surface area contributed by atoms with Crippen LogP contribution >= 0.6 is 0 Å². The number of amides is 1. The summed E-state index contributed by atoms with van der Waals surface area (Å²) in [5.41, 5.74) is 6.91. The van der Waals surface area contributed by atoms with Gasteiger partial charge in [0, 0.05) is 37.4 Å². The molecule has 2 heterocycles. The van der Waals surface area contributed by atoms with Gasteiger partial charge in [-0.15, -0.1) is 0 Å². The monoisotopic (exact) mass is 290 g/mol. The third-order valence-electron chi connectivity index (χ3n) is 4.14. The van der Waals surface area contributed by atoms with E-state index in [1.54, 1.807) is 18.3 Å². The Morgan fingerprint density at radius 2 is 2.38 bits per heavy atom. The first kappa shape index (κ1) is 15.9. The Labute approximate surface area is 126 Å². The number of rotatable bonds is 6. The Bertz CT molecular complexity index is 463. The van der Waals surface area contributed by atoms with Crippen LogP contribution < -0.4 is 11.1 Å². The number of hydrogen-bond donors (Lipinski definition) is 2. The molecule has 1 aliphatic heterocycles. The molecule has 1 aromatic rings. The van der Waals surface area contributed by atoms with Crippen molar-refractivity contribution in [2.45, 2.75) is 45.2 Å². The van der Waals surface area contributed by atoms with Gasteiger partial charge in [0.25, 0.3) is 5.91 Å². The van der Waals surface area contributed by atoms with Gasteiger partial charge < -0.3 is 16.0 Å². The molecule has 21 heavy (non-hydrogen) atoms. The second kappa shape index (κ2) is 8.10. The van der Waals surface area contributed by atoms with Gasteiger partial charge in [0.1, 0.15) is 0 Å². The Morgan fingerprint density at radius 1 is 1.52 bits per heavy atom. The highest BCUT2D eigenvalue weighted by Gasteiger charge is 2.17. The van der Waals surface area contributed by atoms with Crippen LogP contribution in [0.2, 0.25) is 0 Å². The lowest BCUT2D eigenvalue weighted by atomic mass is 10.0. The summed E-state index contributed by atoms with van der Waals surface area (Å²) >= 11 is 0. The molecule has 1 atom stereocenters. The van der Waals surface area contributed by atoms with E-state index in [4.69, 9.17) is 5.73 Å². The van der Waals surface area contributed by atoms with Crippen molar-refractivity contribution in [1.29, 1.82) is 0 Å². The average molecular weight is 290 g/mol. The Balaban J connectivity index is 1.71. The predicted molar refractivity (Wildman–Crippen MR) is 84.0 cm³/mol. The molecule has 1 aromatic heterocycles. The summed E-state index contributed by atoms with van der Waals surface area (Å²) in [6.07, 6.45) is 6.57. The highest BCUT2D eigenvalue weighted by atomic mass is 16.1. The Morgan fingerprint density at radius 3 is 3.14 bits per heavy atom. The number of carbonyl (C=O) groups excluding carboxylic acids is 1. The highest BCUT2D eigenvalue weighted by molar-refractivity contribution is 5.94. The fraction of sp³-hybridized carbons (Fsp3) is 0.625. The molecule has 116 valence electrons. The van der Waals surface area contributed by atoms with Crippen LogP contribution in [0.5, 0.6) is 0 Å². The molecule has 1 fully saturated rings. The molecule has 0 radical (unpaired) electrons. The number of aromatic nitrogens is 1. The van der Waals surface area contributed by atoms with E-state index in [1.165, 1.54) is 25.8 Å². The van der Waals surface area contributed by atoms with E-state index < -0.39 is 0 Å². The predicted octanol–water partition coefficient (Wildman–Crippen LogP) is 1.53. The zero-order chi connectivity index (χ0) is 15.1. The normalized spacial score (nSPS) is 19.4. The fourth-order valence-corrected chi connectivity index (χ4v) is 2.81. The van der Waals surface area contributed by atoms with Crippen LogP contribution in [-0.4, -0.2) is 41.5 Å². The summed E-state index contributed by atoms with van der Waals surface area (Å²) in [7, 11) is 0. The van der Waals surface area contributed by atoms with Gasteiger partial charge in [0.15, 0.2) is 0 Å². The molecule has 0 aliphatic carbocycles. The van der Waals surface area contributed by atoms with E-state index in [0.29, 0.717) is 24.7 Å². The van der Waals surface area contributed by atoms with E-state index in [9.17, 15) is 4.79 Å². The molecule has 1 unspecified atom stereocenters. The third-order valence-corrected chi connectivity index (χ3v) is 4.14. The summed E-state index contributed by atoms with van der Waals surface area (Å²) in [5.74, 6) is -0.0428. The van der Waals surface area contributed by atoms with E-state index in [0.717, 1.165) is 18.7 Å². The zero-order valence-electron chi connectivity index (χ0n) is 12.8. The van der Waals surface area contributed by atoms with Crippen LogP contribution in [0.15, 0.2) is 18.3 Å². The number of nitrogens with zero attached hydrogens (tertiary/aromatic N) is 2. The molecule has 2 rings (SSSR count). The van der Waals surface area contributed by atoms with Gasteiger partial charge in [0.2, 0.25) is 0 Å². The maximum atomic E-state index is 12.0. The molecule has 0 bridgehead atoms. The zero-order valence-corrected chi connectivity index (χ0v) is 12.8. The van der Waals surface area contributed by atoms with Crippen molar-refractivity contribution in [3.63, 3.8) is 0 Å². The van der Waals surface area contributed by atoms with Crippen molar-refractivity contribution in [1.82, 2.24) is 15.2 Å². The van der Waals surface area contributed by atoms with E-state index in [1.807, 2.05) is 0 Å². The summed E-state index contributed by atoms with van der Waals surface area (Å²) in [6.45, 7) is 5.62. The van der Waals surface area contributed by atoms with Crippen molar-refractivity contribution in [3.05, 3.63) is 29.6 Å². The van der Waals surface area contributed by atoms with Crippen molar-refractivity contribution in [2.75, 3.05) is 19.6 Å². The summed E-state index contributed by atoms with van der Waals surface area (Å²) in [4.78, 5) is 18.7. The fourth-order valence-electron chi connectivity index (χ4n) is 2.81. The molecule has 1 aliphatic rings. The minimum atomic E-state index is -0.0428.